The van der Waals surface area contributed by atoms with Crippen molar-refractivity contribution in [2.75, 3.05) is 13.1 Å². The molecule has 1 aromatic heterocycles. The van der Waals surface area contributed by atoms with E-state index in [1.807, 2.05) is 4.90 Å². The standard InChI is InChI=1S/C18H18FNO2/c1-2-18-9-13(18)10-20(11-18)17(21)16-7-6-15(22-16)12-4-3-5-14(19)8-12/h3-8,13H,2,9-11H2,1H3/t13-,18+/m0/s1. The molecule has 1 saturated carbocycles. The number of amides is 1. The van der Waals surface area contributed by atoms with Gasteiger partial charge >= 0.3 is 0 Å². The molecular formula is C18H18FNO2. The number of fused-ring (bicyclic) bond motifs is 1. The lowest BCUT2D eigenvalue weighted by Crippen LogP contribution is -2.31. The second kappa shape index (κ2) is 4.70. The van der Waals surface area contributed by atoms with E-state index in [1.165, 1.54) is 18.6 Å². The number of halogens is 1. The Hall–Kier alpha value is -2.10. The maximum atomic E-state index is 13.3. The molecule has 1 aromatic carbocycles. The quantitative estimate of drug-likeness (QED) is 0.859. The largest absolute Gasteiger partial charge is 0.451 e. The minimum atomic E-state index is -0.314. The van der Waals surface area contributed by atoms with Gasteiger partial charge in [-0.05, 0) is 48.4 Å². The van der Waals surface area contributed by atoms with Gasteiger partial charge in [0.1, 0.15) is 11.6 Å². The zero-order chi connectivity index (χ0) is 15.3. The summed E-state index contributed by atoms with van der Waals surface area (Å²) in [6.07, 6.45) is 2.38. The lowest BCUT2D eigenvalue weighted by atomic mass is 10.0. The molecule has 0 radical (unpaired) electrons. The fourth-order valence-electron chi connectivity index (χ4n) is 3.70. The minimum absolute atomic E-state index is 0.0531. The first-order valence-corrected chi connectivity index (χ1v) is 7.76. The molecule has 1 aliphatic carbocycles. The number of rotatable bonds is 3. The van der Waals surface area contributed by atoms with Gasteiger partial charge in [-0.1, -0.05) is 19.1 Å². The van der Waals surface area contributed by atoms with E-state index in [9.17, 15) is 9.18 Å². The summed E-state index contributed by atoms with van der Waals surface area (Å²) in [7, 11) is 0. The molecule has 2 fully saturated rings. The number of piperidine rings is 1. The Morgan fingerprint density at radius 3 is 3.00 bits per heavy atom. The van der Waals surface area contributed by atoms with Crippen molar-refractivity contribution in [3.8, 4) is 11.3 Å². The van der Waals surface area contributed by atoms with Gasteiger partial charge in [-0.3, -0.25) is 4.79 Å². The summed E-state index contributed by atoms with van der Waals surface area (Å²) >= 11 is 0. The van der Waals surface area contributed by atoms with E-state index in [0.717, 1.165) is 19.5 Å². The van der Waals surface area contributed by atoms with Crippen molar-refractivity contribution in [2.45, 2.75) is 19.8 Å². The van der Waals surface area contributed by atoms with Crippen LogP contribution in [0.1, 0.15) is 30.3 Å². The average Bonchev–Trinajstić information content (AvgIpc) is 2.92. The molecule has 2 aliphatic rings. The molecule has 0 N–H and O–H groups in total. The van der Waals surface area contributed by atoms with Crippen LogP contribution in [0.25, 0.3) is 11.3 Å². The van der Waals surface area contributed by atoms with Crippen LogP contribution < -0.4 is 0 Å². The van der Waals surface area contributed by atoms with Crippen LogP contribution in [-0.4, -0.2) is 23.9 Å². The molecule has 0 spiro atoms. The molecule has 114 valence electrons. The zero-order valence-electron chi connectivity index (χ0n) is 12.5. The van der Waals surface area contributed by atoms with Crippen LogP contribution in [0.15, 0.2) is 40.8 Å². The highest BCUT2D eigenvalue weighted by Gasteiger charge is 2.59. The van der Waals surface area contributed by atoms with Crippen molar-refractivity contribution < 1.29 is 13.6 Å². The van der Waals surface area contributed by atoms with Gasteiger partial charge in [0.15, 0.2) is 5.76 Å². The lowest BCUT2D eigenvalue weighted by molar-refractivity contribution is 0.0733. The molecule has 2 atom stereocenters. The van der Waals surface area contributed by atoms with Crippen molar-refractivity contribution in [1.82, 2.24) is 4.90 Å². The van der Waals surface area contributed by atoms with Gasteiger partial charge in [-0.2, -0.15) is 0 Å². The molecule has 4 heteroatoms. The summed E-state index contributed by atoms with van der Waals surface area (Å²) in [6, 6.07) is 9.61. The van der Waals surface area contributed by atoms with E-state index in [2.05, 4.69) is 6.92 Å². The molecule has 3 nitrogen and oxygen atoms in total. The second-order valence-electron chi connectivity index (χ2n) is 6.48. The average molecular weight is 299 g/mol. The number of benzene rings is 1. The number of hydrogen-bond acceptors (Lipinski definition) is 2. The number of hydrogen-bond donors (Lipinski definition) is 0. The molecule has 2 heterocycles. The molecule has 0 bridgehead atoms. The Labute approximate surface area is 128 Å². The molecule has 1 saturated heterocycles. The third-order valence-corrected chi connectivity index (χ3v) is 5.22. The van der Waals surface area contributed by atoms with Crippen LogP contribution in [0.4, 0.5) is 4.39 Å². The minimum Gasteiger partial charge on any atom is -0.451 e. The topological polar surface area (TPSA) is 33.5 Å². The van der Waals surface area contributed by atoms with Crippen LogP contribution in [-0.2, 0) is 0 Å². The van der Waals surface area contributed by atoms with E-state index in [-0.39, 0.29) is 11.7 Å². The lowest BCUT2D eigenvalue weighted by Gasteiger charge is -2.19. The Morgan fingerprint density at radius 2 is 2.27 bits per heavy atom. The van der Waals surface area contributed by atoms with Gasteiger partial charge in [0, 0.05) is 18.7 Å². The van der Waals surface area contributed by atoms with Crippen LogP contribution in [0.3, 0.4) is 0 Å². The summed E-state index contributed by atoms with van der Waals surface area (Å²) in [5.74, 6) is 1.16. The van der Waals surface area contributed by atoms with E-state index in [1.54, 1.807) is 24.3 Å². The monoisotopic (exact) mass is 299 g/mol. The molecule has 4 rings (SSSR count). The molecule has 1 aliphatic heterocycles. The first kappa shape index (κ1) is 13.6. The van der Waals surface area contributed by atoms with Crippen LogP contribution in [0, 0.1) is 17.2 Å². The third kappa shape index (κ3) is 2.05. The van der Waals surface area contributed by atoms with Crippen LogP contribution >= 0.6 is 0 Å². The smallest absolute Gasteiger partial charge is 0.289 e. The van der Waals surface area contributed by atoms with Crippen molar-refractivity contribution in [1.29, 1.82) is 0 Å². The third-order valence-electron chi connectivity index (χ3n) is 5.22. The number of carbonyl (C=O) groups excluding carboxylic acids is 1. The summed E-state index contributed by atoms with van der Waals surface area (Å²) in [4.78, 5) is 14.4. The van der Waals surface area contributed by atoms with Gasteiger partial charge < -0.3 is 9.32 Å². The van der Waals surface area contributed by atoms with Crippen LogP contribution in [0.2, 0.25) is 0 Å². The Morgan fingerprint density at radius 1 is 1.41 bits per heavy atom. The number of furan rings is 1. The molecule has 22 heavy (non-hydrogen) atoms. The van der Waals surface area contributed by atoms with Crippen molar-refractivity contribution >= 4 is 5.91 Å². The van der Waals surface area contributed by atoms with E-state index >= 15 is 0 Å². The maximum absolute atomic E-state index is 13.3. The van der Waals surface area contributed by atoms with Crippen molar-refractivity contribution in [2.24, 2.45) is 11.3 Å². The van der Waals surface area contributed by atoms with Gasteiger partial charge in [0.2, 0.25) is 0 Å². The highest BCUT2D eigenvalue weighted by Crippen LogP contribution is 2.60. The number of nitrogens with zero attached hydrogens (tertiary/aromatic N) is 1. The first-order valence-electron chi connectivity index (χ1n) is 7.76. The highest BCUT2D eigenvalue weighted by atomic mass is 19.1. The van der Waals surface area contributed by atoms with Gasteiger partial charge in [0.25, 0.3) is 5.91 Å². The summed E-state index contributed by atoms with van der Waals surface area (Å²) in [6.45, 7) is 3.87. The summed E-state index contributed by atoms with van der Waals surface area (Å²) < 4.78 is 18.9. The van der Waals surface area contributed by atoms with Gasteiger partial charge in [0.05, 0.1) is 0 Å². The summed E-state index contributed by atoms with van der Waals surface area (Å²) in [5, 5.41) is 0. The maximum Gasteiger partial charge on any atom is 0.289 e. The van der Waals surface area contributed by atoms with Gasteiger partial charge in [-0.25, -0.2) is 4.39 Å². The molecule has 0 unspecified atom stereocenters. The molecule has 2 aromatic rings. The Kier molecular flexibility index (Phi) is 2.90. The van der Waals surface area contributed by atoms with Crippen molar-refractivity contribution in [3.05, 3.63) is 48.0 Å². The SMILES string of the molecule is CC[C@]12C[C@H]1CN(C(=O)c1ccc(-c3cccc(F)c3)o1)C2. The van der Waals surface area contributed by atoms with Gasteiger partial charge in [-0.15, -0.1) is 0 Å². The summed E-state index contributed by atoms with van der Waals surface area (Å²) in [5.41, 5.74) is 1.02. The highest BCUT2D eigenvalue weighted by molar-refractivity contribution is 5.92. The first-order chi connectivity index (χ1) is 10.6. The normalized spacial score (nSPS) is 26.1. The second-order valence-corrected chi connectivity index (χ2v) is 6.48. The Bertz CT molecular complexity index is 734. The number of carbonyl (C=O) groups is 1. The fraction of sp³-hybridized carbons (Fsp3) is 0.389. The van der Waals surface area contributed by atoms with E-state index in [0.29, 0.717) is 28.4 Å². The van der Waals surface area contributed by atoms with E-state index in [4.69, 9.17) is 4.42 Å². The van der Waals surface area contributed by atoms with E-state index < -0.39 is 0 Å². The zero-order valence-corrected chi connectivity index (χ0v) is 12.5. The Balaban J connectivity index is 1.53. The van der Waals surface area contributed by atoms with Crippen LogP contribution in [0.5, 0.6) is 0 Å². The molecule has 1 amide bonds. The predicted octanol–water partition coefficient (Wildman–Crippen LogP) is 3.96. The fourth-order valence-corrected chi connectivity index (χ4v) is 3.70. The van der Waals surface area contributed by atoms with Crippen molar-refractivity contribution in [3.63, 3.8) is 0 Å². The predicted molar refractivity (Wildman–Crippen MR) is 80.8 cm³/mol. The molecular weight excluding hydrogens is 281 g/mol. The number of likely N-dealkylation sites (tertiary alicyclic amines) is 1.